The summed E-state index contributed by atoms with van der Waals surface area (Å²) in [7, 11) is 1.71. The second-order valence-corrected chi connectivity index (χ2v) is 5.03. The van der Waals surface area contributed by atoms with E-state index in [1.165, 1.54) is 0 Å². The minimum atomic E-state index is -0.256. The number of hydrogen-bond donors (Lipinski definition) is 1. The molecule has 0 aliphatic carbocycles. The topological polar surface area (TPSA) is 46.3 Å². The molecule has 2 N–H and O–H groups in total. The quantitative estimate of drug-likeness (QED) is 0.874. The molecule has 2 aromatic carbocycles. The van der Waals surface area contributed by atoms with Gasteiger partial charge < -0.3 is 10.6 Å². The summed E-state index contributed by atoms with van der Waals surface area (Å²) in [4.78, 5) is 14.2. The molecule has 4 heteroatoms. The molecule has 2 aromatic rings. The van der Waals surface area contributed by atoms with Gasteiger partial charge in [-0.25, -0.2) is 0 Å². The van der Waals surface area contributed by atoms with E-state index in [4.69, 9.17) is 18.0 Å². The molecule has 98 valence electrons. The Kier molecular flexibility index (Phi) is 3.81. The monoisotopic (exact) mass is 272 g/mol. The van der Waals surface area contributed by atoms with Crippen molar-refractivity contribution >= 4 is 33.9 Å². The van der Waals surface area contributed by atoms with E-state index in [1.807, 2.05) is 49.4 Å². The fourth-order valence-electron chi connectivity index (χ4n) is 1.89. The Morgan fingerprint density at radius 3 is 2.47 bits per heavy atom. The minimum Gasteiger partial charge on any atom is -0.392 e. The Labute approximate surface area is 118 Å². The molecular formula is C15H16N2OS. The Balaban J connectivity index is 2.33. The highest BCUT2D eigenvalue weighted by atomic mass is 32.1. The first-order valence-electron chi connectivity index (χ1n) is 6.06. The molecule has 0 saturated carbocycles. The number of benzene rings is 2. The van der Waals surface area contributed by atoms with Gasteiger partial charge in [0, 0.05) is 12.6 Å². The third-order valence-electron chi connectivity index (χ3n) is 3.31. The molecular weight excluding hydrogens is 256 g/mol. The van der Waals surface area contributed by atoms with Crippen LogP contribution in [0, 0.1) is 0 Å². The van der Waals surface area contributed by atoms with Crippen molar-refractivity contribution in [2.24, 2.45) is 5.73 Å². The number of nitrogens with two attached hydrogens (primary N) is 1. The third kappa shape index (κ3) is 2.74. The molecule has 19 heavy (non-hydrogen) atoms. The van der Waals surface area contributed by atoms with Crippen LogP contribution in [0.1, 0.15) is 17.3 Å². The first-order chi connectivity index (χ1) is 9.00. The molecule has 0 radical (unpaired) electrons. The average molecular weight is 272 g/mol. The highest BCUT2D eigenvalue weighted by Gasteiger charge is 2.19. The van der Waals surface area contributed by atoms with E-state index in [0.717, 1.165) is 10.8 Å². The molecule has 0 fully saturated rings. The molecule has 0 aliphatic rings. The maximum absolute atomic E-state index is 12.3. The van der Waals surface area contributed by atoms with Gasteiger partial charge in [-0.1, -0.05) is 42.5 Å². The predicted octanol–water partition coefficient (Wildman–Crippen LogP) is 2.59. The predicted molar refractivity (Wildman–Crippen MR) is 82.3 cm³/mol. The van der Waals surface area contributed by atoms with Gasteiger partial charge >= 0.3 is 0 Å². The van der Waals surface area contributed by atoms with Gasteiger partial charge in [-0.05, 0) is 29.8 Å². The van der Waals surface area contributed by atoms with Crippen molar-refractivity contribution in [3.8, 4) is 0 Å². The number of rotatable bonds is 3. The van der Waals surface area contributed by atoms with Crippen molar-refractivity contribution < 1.29 is 4.79 Å². The average Bonchev–Trinajstić information content (AvgIpc) is 2.44. The van der Waals surface area contributed by atoms with Crippen LogP contribution >= 0.6 is 12.2 Å². The summed E-state index contributed by atoms with van der Waals surface area (Å²) in [5.41, 5.74) is 6.22. The van der Waals surface area contributed by atoms with E-state index < -0.39 is 0 Å². The van der Waals surface area contributed by atoms with E-state index in [1.54, 1.807) is 11.9 Å². The lowest BCUT2D eigenvalue weighted by Gasteiger charge is -2.24. The number of carbonyl (C=O) groups is 1. The van der Waals surface area contributed by atoms with Crippen LogP contribution in [0.25, 0.3) is 10.8 Å². The van der Waals surface area contributed by atoms with Gasteiger partial charge in [-0.15, -0.1) is 0 Å². The zero-order chi connectivity index (χ0) is 14.0. The highest BCUT2D eigenvalue weighted by Crippen LogP contribution is 2.17. The fraction of sp³-hybridized carbons (Fsp3) is 0.200. The maximum Gasteiger partial charge on any atom is 0.254 e. The summed E-state index contributed by atoms with van der Waals surface area (Å²) in [5, 5.41) is 2.16. The summed E-state index contributed by atoms with van der Waals surface area (Å²) >= 11 is 4.92. The number of amides is 1. The van der Waals surface area contributed by atoms with Crippen molar-refractivity contribution in [1.82, 2.24) is 4.90 Å². The molecule has 0 saturated heterocycles. The largest absolute Gasteiger partial charge is 0.392 e. The van der Waals surface area contributed by atoms with Crippen molar-refractivity contribution in [3.63, 3.8) is 0 Å². The number of carbonyl (C=O) groups excluding carboxylic acids is 1. The zero-order valence-corrected chi connectivity index (χ0v) is 11.8. The van der Waals surface area contributed by atoms with E-state index in [9.17, 15) is 4.79 Å². The van der Waals surface area contributed by atoms with Crippen LogP contribution in [0.3, 0.4) is 0 Å². The normalized spacial score (nSPS) is 12.1. The Morgan fingerprint density at radius 2 is 1.84 bits per heavy atom. The molecule has 1 atom stereocenters. The number of likely N-dealkylation sites (N-methyl/N-ethyl adjacent to an activating group) is 1. The lowest BCUT2D eigenvalue weighted by atomic mass is 10.1. The number of thiocarbonyl (C=S) groups is 1. The Hall–Kier alpha value is -1.94. The van der Waals surface area contributed by atoms with Crippen LogP contribution in [-0.2, 0) is 0 Å². The molecule has 0 heterocycles. The molecule has 0 bridgehead atoms. The maximum atomic E-state index is 12.3. The zero-order valence-electron chi connectivity index (χ0n) is 11.0. The van der Waals surface area contributed by atoms with Gasteiger partial charge in [0.05, 0.1) is 11.0 Å². The first-order valence-corrected chi connectivity index (χ1v) is 6.47. The van der Waals surface area contributed by atoms with Gasteiger partial charge in [0.2, 0.25) is 0 Å². The molecule has 0 spiro atoms. The van der Waals surface area contributed by atoms with E-state index >= 15 is 0 Å². The molecule has 2 rings (SSSR count). The van der Waals surface area contributed by atoms with Gasteiger partial charge in [0.1, 0.15) is 0 Å². The second-order valence-electron chi connectivity index (χ2n) is 4.56. The summed E-state index contributed by atoms with van der Waals surface area (Å²) in [5.74, 6) is -0.0777. The van der Waals surface area contributed by atoms with E-state index in [2.05, 4.69) is 0 Å². The summed E-state index contributed by atoms with van der Waals surface area (Å²) in [6, 6.07) is 13.3. The smallest absolute Gasteiger partial charge is 0.254 e. The van der Waals surface area contributed by atoms with Crippen LogP contribution in [0.5, 0.6) is 0 Å². The van der Waals surface area contributed by atoms with Gasteiger partial charge in [0.15, 0.2) is 0 Å². The summed E-state index contributed by atoms with van der Waals surface area (Å²) in [6.07, 6.45) is 0. The Bertz CT molecular complexity index is 639. The van der Waals surface area contributed by atoms with Crippen molar-refractivity contribution in [3.05, 3.63) is 48.0 Å². The first kappa shape index (κ1) is 13.5. The molecule has 1 amide bonds. The fourth-order valence-corrected chi connectivity index (χ4v) is 2.05. The molecule has 1 unspecified atom stereocenters. The highest BCUT2D eigenvalue weighted by molar-refractivity contribution is 7.80. The van der Waals surface area contributed by atoms with Gasteiger partial charge in [0.25, 0.3) is 5.91 Å². The van der Waals surface area contributed by atoms with E-state index in [-0.39, 0.29) is 11.9 Å². The van der Waals surface area contributed by atoms with E-state index in [0.29, 0.717) is 10.6 Å². The van der Waals surface area contributed by atoms with Crippen LogP contribution in [0.15, 0.2) is 42.5 Å². The number of fused-ring (bicyclic) bond motifs is 1. The van der Waals surface area contributed by atoms with Crippen LogP contribution in [0.4, 0.5) is 0 Å². The second kappa shape index (κ2) is 5.36. The minimum absolute atomic E-state index is 0.0777. The summed E-state index contributed by atoms with van der Waals surface area (Å²) in [6.45, 7) is 1.82. The van der Waals surface area contributed by atoms with Gasteiger partial charge in [-0.2, -0.15) is 0 Å². The SMILES string of the molecule is CC(C(N)=S)N(C)C(=O)c1ccc2ccccc2c1. The van der Waals surface area contributed by atoms with Crippen molar-refractivity contribution in [1.29, 1.82) is 0 Å². The lowest BCUT2D eigenvalue weighted by molar-refractivity contribution is 0.0779. The molecule has 3 nitrogen and oxygen atoms in total. The van der Waals surface area contributed by atoms with Crippen LogP contribution in [-0.4, -0.2) is 28.9 Å². The lowest BCUT2D eigenvalue weighted by Crippen LogP contribution is -2.42. The van der Waals surface area contributed by atoms with Crippen LogP contribution in [0.2, 0.25) is 0 Å². The third-order valence-corrected chi connectivity index (χ3v) is 3.65. The number of nitrogens with zero attached hydrogens (tertiary/aromatic N) is 1. The number of hydrogen-bond acceptors (Lipinski definition) is 2. The van der Waals surface area contributed by atoms with Crippen LogP contribution < -0.4 is 5.73 Å². The van der Waals surface area contributed by atoms with Crippen molar-refractivity contribution in [2.75, 3.05) is 7.05 Å². The molecule has 0 aliphatic heterocycles. The Morgan fingerprint density at radius 1 is 1.21 bits per heavy atom. The standard InChI is InChI=1S/C15H16N2OS/c1-10(14(16)19)17(2)15(18)13-8-7-11-5-3-4-6-12(11)9-13/h3-10H,1-2H3,(H2,16,19). The molecule has 0 aromatic heterocycles. The summed E-state index contributed by atoms with van der Waals surface area (Å²) < 4.78 is 0. The van der Waals surface area contributed by atoms with Crippen molar-refractivity contribution in [2.45, 2.75) is 13.0 Å². The van der Waals surface area contributed by atoms with Gasteiger partial charge in [-0.3, -0.25) is 4.79 Å².